The van der Waals surface area contributed by atoms with E-state index in [9.17, 15) is 8.42 Å². The molecule has 0 bridgehead atoms. The average Bonchev–Trinajstić information content (AvgIpc) is 2.84. The number of hydrogen-bond donors (Lipinski definition) is 0. The lowest BCUT2D eigenvalue weighted by Crippen LogP contribution is -2.18. The summed E-state index contributed by atoms with van der Waals surface area (Å²) in [6.45, 7) is 2.22. The van der Waals surface area contributed by atoms with Gasteiger partial charge in [-0.15, -0.1) is 0 Å². The van der Waals surface area contributed by atoms with Crippen LogP contribution in [0.5, 0.6) is 0 Å². The first-order chi connectivity index (χ1) is 9.14. The molecule has 1 saturated carbocycles. The van der Waals surface area contributed by atoms with Crippen molar-refractivity contribution in [3.63, 3.8) is 0 Å². The molecule has 0 aromatic heterocycles. The third-order valence-corrected chi connectivity index (χ3v) is 5.19. The molecule has 1 aliphatic carbocycles. The van der Waals surface area contributed by atoms with E-state index in [4.69, 9.17) is 4.18 Å². The highest BCUT2D eigenvalue weighted by atomic mass is 32.2. The molecule has 0 saturated heterocycles. The van der Waals surface area contributed by atoms with Gasteiger partial charge in [-0.1, -0.05) is 64.7 Å². The highest BCUT2D eigenvalue weighted by Gasteiger charge is 2.22. The second-order valence-electron chi connectivity index (χ2n) is 5.74. The highest BCUT2D eigenvalue weighted by Crippen LogP contribution is 2.23. The van der Waals surface area contributed by atoms with Crippen molar-refractivity contribution in [2.75, 3.05) is 5.75 Å². The van der Waals surface area contributed by atoms with Gasteiger partial charge in [0.1, 0.15) is 0 Å². The SMILES string of the molecule is CCCCCCCCCCS(=O)(=O)OC1CCCC1. The molecule has 0 amide bonds. The van der Waals surface area contributed by atoms with Gasteiger partial charge in [0.05, 0.1) is 11.9 Å². The van der Waals surface area contributed by atoms with Crippen LogP contribution < -0.4 is 0 Å². The predicted octanol–water partition coefficient (Wildman–Crippen LogP) is 4.42. The van der Waals surface area contributed by atoms with Gasteiger partial charge in [0, 0.05) is 0 Å². The number of rotatable bonds is 11. The molecular formula is C15H30O3S. The summed E-state index contributed by atoms with van der Waals surface area (Å²) >= 11 is 0. The van der Waals surface area contributed by atoms with E-state index in [-0.39, 0.29) is 11.9 Å². The van der Waals surface area contributed by atoms with E-state index in [0.717, 1.165) is 44.9 Å². The summed E-state index contributed by atoms with van der Waals surface area (Å²) in [6, 6.07) is 0. The van der Waals surface area contributed by atoms with Gasteiger partial charge in [0.2, 0.25) is 0 Å². The Bertz CT molecular complexity index is 305. The molecule has 0 aromatic rings. The topological polar surface area (TPSA) is 43.4 Å². The van der Waals surface area contributed by atoms with Crippen LogP contribution >= 0.6 is 0 Å². The van der Waals surface area contributed by atoms with Gasteiger partial charge in [0.15, 0.2) is 0 Å². The zero-order chi connectivity index (χ0) is 14.0. The summed E-state index contributed by atoms with van der Waals surface area (Å²) in [7, 11) is -3.27. The van der Waals surface area contributed by atoms with E-state index in [1.807, 2.05) is 0 Å². The van der Waals surface area contributed by atoms with Crippen molar-refractivity contribution in [1.82, 2.24) is 0 Å². The van der Waals surface area contributed by atoms with Crippen LogP contribution in [0.25, 0.3) is 0 Å². The Morgan fingerprint density at radius 3 is 2.00 bits per heavy atom. The molecule has 0 radical (unpaired) electrons. The van der Waals surface area contributed by atoms with Crippen molar-refractivity contribution in [3.8, 4) is 0 Å². The molecule has 0 atom stereocenters. The highest BCUT2D eigenvalue weighted by molar-refractivity contribution is 7.86. The molecule has 1 aliphatic rings. The summed E-state index contributed by atoms with van der Waals surface area (Å²) in [5, 5.41) is 0. The first kappa shape index (κ1) is 17.0. The Kier molecular flexibility index (Phi) is 8.71. The summed E-state index contributed by atoms with van der Waals surface area (Å²) in [5.74, 6) is 0.207. The molecule has 0 N–H and O–H groups in total. The van der Waals surface area contributed by atoms with E-state index in [0.29, 0.717) is 0 Å². The van der Waals surface area contributed by atoms with Gasteiger partial charge in [-0.25, -0.2) is 0 Å². The average molecular weight is 290 g/mol. The fraction of sp³-hybridized carbons (Fsp3) is 1.00. The minimum absolute atomic E-state index is 0.0287. The van der Waals surface area contributed by atoms with Crippen LogP contribution in [0, 0.1) is 0 Å². The molecular weight excluding hydrogens is 260 g/mol. The van der Waals surface area contributed by atoms with Gasteiger partial charge >= 0.3 is 0 Å². The summed E-state index contributed by atoms with van der Waals surface area (Å²) in [5.41, 5.74) is 0. The van der Waals surface area contributed by atoms with Crippen molar-refractivity contribution in [2.24, 2.45) is 0 Å². The van der Waals surface area contributed by atoms with Crippen molar-refractivity contribution in [1.29, 1.82) is 0 Å². The van der Waals surface area contributed by atoms with Crippen molar-refractivity contribution < 1.29 is 12.6 Å². The van der Waals surface area contributed by atoms with Crippen LogP contribution in [0.2, 0.25) is 0 Å². The quantitative estimate of drug-likeness (QED) is 0.418. The molecule has 0 aromatic carbocycles. The van der Waals surface area contributed by atoms with E-state index in [2.05, 4.69) is 6.92 Å². The molecule has 0 spiro atoms. The predicted molar refractivity (Wildman–Crippen MR) is 79.7 cm³/mol. The Labute approximate surface area is 119 Å². The lowest BCUT2D eigenvalue weighted by Gasteiger charge is -2.10. The molecule has 0 aliphatic heterocycles. The minimum Gasteiger partial charge on any atom is -0.267 e. The normalized spacial score (nSPS) is 17.1. The second-order valence-corrected chi connectivity index (χ2v) is 7.46. The molecule has 114 valence electrons. The number of unbranched alkanes of at least 4 members (excludes halogenated alkanes) is 7. The molecule has 0 unspecified atom stereocenters. The summed E-state index contributed by atoms with van der Waals surface area (Å²) in [6.07, 6.45) is 13.4. The standard InChI is InChI=1S/C15H30O3S/c1-2-3-4-5-6-7-8-11-14-19(16,17)18-15-12-9-10-13-15/h15H,2-14H2,1H3. The van der Waals surface area contributed by atoms with Gasteiger partial charge in [-0.3, -0.25) is 4.18 Å². The maximum atomic E-state index is 11.7. The first-order valence-electron chi connectivity index (χ1n) is 8.05. The molecule has 3 nitrogen and oxygen atoms in total. The third kappa shape index (κ3) is 8.64. The minimum atomic E-state index is -3.27. The van der Waals surface area contributed by atoms with Crippen molar-refractivity contribution in [2.45, 2.75) is 90.1 Å². The van der Waals surface area contributed by atoms with Crippen LogP contribution in [0.4, 0.5) is 0 Å². The third-order valence-electron chi connectivity index (χ3n) is 3.83. The van der Waals surface area contributed by atoms with Crippen LogP contribution in [0.1, 0.15) is 84.0 Å². The largest absolute Gasteiger partial charge is 0.267 e. The second kappa shape index (κ2) is 9.76. The van der Waals surface area contributed by atoms with E-state index in [1.54, 1.807) is 0 Å². The lowest BCUT2D eigenvalue weighted by atomic mass is 10.1. The maximum absolute atomic E-state index is 11.7. The van der Waals surface area contributed by atoms with Crippen LogP contribution in [-0.2, 0) is 14.3 Å². The Hall–Kier alpha value is -0.0900. The van der Waals surface area contributed by atoms with E-state index >= 15 is 0 Å². The molecule has 1 fully saturated rings. The molecule has 0 heterocycles. The van der Waals surface area contributed by atoms with Crippen molar-refractivity contribution in [3.05, 3.63) is 0 Å². The van der Waals surface area contributed by atoms with Gasteiger partial charge in [-0.05, 0) is 19.3 Å². The first-order valence-corrected chi connectivity index (χ1v) is 9.63. The van der Waals surface area contributed by atoms with Crippen molar-refractivity contribution >= 4 is 10.1 Å². The van der Waals surface area contributed by atoms with Crippen LogP contribution in [-0.4, -0.2) is 20.3 Å². The number of hydrogen-bond acceptors (Lipinski definition) is 3. The van der Waals surface area contributed by atoms with Gasteiger partial charge in [-0.2, -0.15) is 8.42 Å². The van der Waals surface area contributed by atoms with E-state index < -0.39 is 10.1 Å². The maximum Gasteiger partial charge on any atom is 0.267 e. The zero-order valence-electron chi connectivity index (χ0n) is 12.4. The molecule has 1 rings (SSSR count). The summed E-state index contributed by atoms with van der Waals surface area (Å²) in [4.78, 5) is 0. The van der Waals surface area contributed by atoms with Crippen LogP contribution in [0.15, 0.2) is 0 Å². The van der Waals surface area contributed by atoms with E-state index in [1.165, 1.54) is 32.1 Å². The Morgan fingerprint density at radius 2 is 1.42 bits per heavy atom. The fourth-order valence-electron chi connectivity index (χ4n) is 2.65. The van der Waals surface area contributed by atoms with Gasteiger partial charge in [0.25, 0.3) is 10.1 Å². The smallest absolute Gasteiger partial charge is 0.267 e. The fourth-order valence-corrected chi connectivity index (χ4v) is 3.91. The zero-order valence-corrected chi connectivity index (χ0v) is 13.2. The van der Waals surface area contributed by atoms with Crippen LogP contribution in [0.3, 0.4) is 0 Å². The van der Waals surface area contributed by atoms with Gasteiger partial charge < -0.3 is 0 Å². The summed E-state index contributed by atoms with van der Waals surface area (Å²) < 4.78 is 28.7. The molecule has 19 heavy (non-hydrogen) atoms. The Morgan fingerprint density at radius 1 is 0.895 bits per heavy atom. The molecule has 4 heteroatoms. The monoisotopic (exact) mass is 290 g/mol. The lowest BCUT2D eigenvalue weighted by molar-refractivity contribution is 0.217. The Balaban J connectivity index is 1.98.